The molecule has 1 aliphatic carbocycles. The predicted octanol–water partition coefficient (Wildman–Crippen LogP) is 15.7. The topological polar surface area (TPSA) is 41.9 Å². The summed E-state index contributed by atoms with van der Waals surface area (Å²) in [5.74, 6) is 1.90. The summed E-state index contributed by atoms with van der Waals surface area (Å²) < 4.78 is 2.47. The highest BCUT2D eigenvalue weighted by Gasteiger charge is 2.51. The van der Waals surface area contributed by atoms with Crippen LogP contribution in [-0.2, 0) is 5.41 Å². The highest BCUT2D eigenvalue weighted by molar-refractivity contribution is 7.25. The zero-order valence-corrected chi connectivity index (χ0v) is 35.8. The van der Waals surface area contributed by atoms with Crippen molar-refractivity contribution >= 4 is 70.1 Å². The van der Waals surface area contributed by atoms with Gasteiger partial charge in [0, 0.05) is 42.6 Å². The summed E-state index contributed by atoms with van der Waals surface area (Å²) >= 11 is 1.80. The van der Waals surface area contributed by atoms with Gasteiger partial charge in [-0.2, -0.15) is 0 Å². The van der Waals surface area contributed by atoms with E-state index in [9.17, 15) is 0 Å². The molecule has 2 aliphatic rings. The molecule has 0 bridgehead atoms. The molecule has 0 amide bonds. The number of nitrogens with zero attached hydrogens (tertiary/aromatic N) is 4. The number of fused-ring (bicyclic) bond motifs is 14. The first-order valence-corrected chi connectivity index (χ1v) is 22.9. The molecular weight excluding hydrogens is 809 g/mol. The summed E-state index contributed by atoms with van der Waals surface area (Å²) in [6.45, 7) is 0. The van der Waals surface area contributed by atoms with Crippen LogP contribution in [-0.4, -0.2) is 15.0 Å². The van der Waals surface area contributed by atoms with Crippen LogP contribution in [0.15, 0.2) is 218 Å². The van der Waals surface area contributed by atoms with Crippen molar-refractivity contribution in [3.05, 3.63) is 241 Å². The molecule has 1 spiro atoms. The Hall–Kier alpha value is -8.25. The van der Waals surface area contributed by atoms with Crippen molar-refractivity contribution in [2.24, 2.45) is 0 Å². The van der Waals surface area contributed by atoms with Crippen molar-refractivity contribution in [1.29, 1.82) is 0 Å². The maximum absolute atomic E-state index is 5.42. The van der Waals surface area contributed by atoms with Crippen molar-refractivity contribution in [1.82, 2.24) is 15.0 Å². The first-order valence-electron chi connectivity index (χ1n) is 22.1. The second-order valence-corrected chi connectivity index (χ2v) is 18.2. The van der Waals surface area contributed by atoms with E-state index < -0.39 is 5.41 Å². The molecule has 4 nitrogen and oxygen atoms in total. The third kappa shape index (κ3) is 5.27. The summed E-state index contributed by atoms with van der Waals surface area (Å²) in [5, 5.41) is 7.00. The Morgan fingerprint density at radius 1 is 0.338 bits per heavy atom. The molecule has 0 saturated heterocycles. The van der Waals surface area contributed by atoms with E-state index in [-0.39, 0.29) is 0 Å². The van der Waals surface area contributed by atoms with Crippen molar-refractivity contribution in [3.63, 3.8) is 0 Å². The van der Waals surface area contributed by atoms with Gasteiger partial charge < -0.3 is 4.90 Å². The standard InChI is InChI=1S/C60H36N4S/c1-2-16-38-33-40(30-29-37(38)15-1)57-61-58(41-31-32-47-46-21-7-14-28-55(46)65-56(47)35-41)63-59(62-57)48-36-42(34-39-17-3-4-18-43(39)48)64-53-26-12-10-24-51(53)60(52-25-11-13-27-54(52)64)49-22-8-5-19-44(49)45-20-6-9-23-50(45)60/h1-36H. The molecule has 5 heteroatoms. The minimum Gasteiger partial charge on any atom is -0.310 e. The molecule has 10 aromatic carbocycles. The Bertz CT molecular complexity index is 3850. The van der Waals surface area contributed by atoms with E-state index in [0.717, 1.165) is 49.9 Å². The molecule has 0 radical (unpaired) electrons. The van der Waals surface area contributed by atoms with Gasteiger partial charge in [0.2, 0.25) is 0 Å². The van der Waals surface area contributed by atoms with E-state index >= 15 is 0 Å². The van der Waals surface area contributed by atoms with Crippen LogP contribution in [0.1, 0.15) is 22.3 Å². The number of thiophene rings is 1. The molecular formula is C60H36N4S. The third-order valence-electron chi connectivity index (χ3n) is 13.7. The van der Waals surface area contributed by atoms with Crippen LogP contribution >= 0.6 is 11.3 Å². The molecule has 302 valence electrons. The molecule has 1 aliphatic heterocycles. The van der Waals surface area contributed by atoms with E-state index in [1.807, 2.05) is 0 Å². The Morgan fingerprint density at radius 3 is 1.58 bits per heavy atom. The lowest BCUT2D eigenvalue weighted by Gasteiger charge is -2.45. The van der Waals surface area contributed by atoms with Gasteiger partial charge in [0.05, 0.1) is 16.8 Å². The van der Waals surface area contributed by atoms with Gasteiger partial charge in [0.25, 0.3) is 0 Å². The fraction of sp³-hybridized carbons (Fsp3) is 0.0167. The first kappa shape index (κ1) is 36.3. The molecule has 65 heavy (non-hydrogen) atoms. The minimum absolute atomic E-state index is 0.496. The normalized spacial score (nSPS) is 13.3. The highest BCUT2D eigenvalue weighted by Crippen LogP contribution is 2.63. The Labute approximate surface area is 379 Å². The molecule has 12 aromatic rings. The van der Waals surface area contributed by atoms with Gasteiger partial charge in [-0.15, -0.1) is 11.3 Å². The highest BCUT2D eigenvalue weighted by atomic mass is 32.1. The lowest BCUT2D eigenvalue weighted by molar-refractivity contribution is 0.752. The van der Waals surface area contributed by atoms with E-state index in [2.05, 4.69) is 223 Å². The zero-order valence-electron chi connectivity index (χ0n) is 35.0. The van der Waals surface area contributed by atoms with Gasteiger partial charge >= 0.3 is 0 Å². The quantitative estimate of drug-likeness (QED) is 0.177. The van der Waals surface area contributed by atoms with Crippen molar-refractivity contribution in [2.45, 2.75) is 5.41 Å². The first-order chi connectivity index (χ1) is 32.2. The second-order valence-electron chi connectivity index (χ2n) is 17.1. The number of rotatable bonds is 4. The van der Waals surface area contributed by atoms with Crippen molar-refractivity contribution < 1.29 is 0 Å². The van der Waals surface area contributed by atoms with E-state index in [0.29, 0.717) is 17.5 Å². The number of para-hydroxylation sites is 2. The van der Waals surface area contributed by atoms with Crippen LogP contribution in [0.25, 0.3) is 87.0 Å². The van der Waals surface area contributed by atoms with Crippen LogP contribution in [0.3, 0.4) is 0 Å². The Kier molecular flexibility index (Phi) is 7.74. The number of benzene rings is 10. The van der Waals surface area contributed by atoms with E-state index in [1.54, 1.807) is 11.3 Å². The van der Waals surface area contributed by atoms with Crippen LogP contribution in [0.2, 0.25) is 0 Å². The number of aromatic nitrogens is 3. The Morgan fingerprint density at radius 2 is 0.862 bits per heavy atom. The van der Waals surface area contributed by atoms with Gasteiger partial charge in [0.15, 0.2) is 17.5 Å². The lowest BCUT2D eigenvalue weighted by Crippen LogP contribution is -2.36. The number of anilines is 3. The molecule has 0 atom stereocenters. The fourth-order valence-electron chi connectivity index (χ4n) is 10.9. The SMILES string of the molecule is c1ccc2c(c1)-c1ccccc1C21c2ccccc2N(c2cc(-c3nc(-c4ccc5ccccc5c4)nc(-c4ccc5c(c4)sc4ccccc45)n3)c3ccccc3c2)c2ccccc21. The maximum atomic E-state index is 5.42. The van der Waals surface area contributed by atoms with Gasteiger partial charge in [-0.3, -0.25) is 0 Å². The number of hydrogen-bond acceptors (Lipinski definition) is 5. The molecule has 0 saturated carbocycles. The second kappa shape index (κ2) is 13.9. The average Bonchev–Trinajstić information content (AvgIpc) is 3.89. The van der Waals surface area contributed by atoms with E-state index in [1.165, 1.54) is 58.9 Å². The fourth-order valence-corrected chi connectivity index (χ4v) is 12.0. The van der Waals surface area contributed by atoms with Crippen LogP contribution < -0.4 is 4.90 Å². The van der Waals surface area contributed by atoms with Crippen LogP contribution in [0, 0.1) is 0 Å². The zero-order chi connectivity index (χ0) is 42.6. The molecule has 0 fully saturated rings. The maximum Gasteiger partial charge on any atom is 0.164 e. The smallest absolute Gasteiger partial charge is 0.164 e. The largest absolute Gasteiger partial charge is 0.310 e. The summed E-state index contributed by atoms with van der Waals surface area (Å²) in [5.41, 5.74) is 13.4. The number of hydrogen-bond donors (Lipinski definition) is 0. The van der Waals surface area contributed by atoms with Gasteiger partial charge in [-0.1, -0.05) is 176 Å². The average molecular weight is 845 g/mol. The monoisotopic (exact) mass is 844 g/mol. The van der Waals surface area contributed by atoms with Gasteiger partial charge in [-0.05, 0) is 97.4 Å². The third-order valence-corrected chi connectivity index (χ3v) is 14.8. The summed E-state index contributed by atoms with van der Waals surface area (Å²) in [7, 11) is 0. The molecule has 14 rings (SSSR count). The van der Waals surface area contributed by atoms with Gasteiger partial charge in [-0.25, -0.2) is 15.0 Å². The molecule has 2 aromatic heterocycles. The molecule has 3 heterocycles. The summed E-state index contributed by atoms with van der Waals surface area (Å²) in [4.78, 5) is 18.5. The Balaban J connectivity index is 1.01. The molecule has 0 N–H and O–H groups in total. The van der Waals surface area contributed by atoms with Crippen LogP contribution in [0.5, 0.6) is 0 Å². The molecule has 0 unspecified atom stereocenters. The lowest BCUT2D eigenvalue weighted by atomic mass is 9.64. The van der Waals surface area contributed by atoms with Crippen LogP contribution in [0.4, 0.5) is 17.1 Å². The summed E-state index contributed by atoms with van der Waals surface area (Å²) in [6, 6.07) is 79.3. The predicted molar refractivity (Wildman–Crippen MR) is 270 cm³/mol. The minimum atomic E-state index is -0.496. The van der Waals surface area contributed by atoms with Crippen molar-refractivity contribution in [3.8, 4) is 45.3 Å². The van der Waals surface area contributed by atoms with E-state index in [4.69, 9.17) is 15.0 Å². The van der Waals surface area contributed by atoms with Gasteiger partial charge in [0.1, 0.15) is 0 Å². The van der Waals surface area contributed by atoms with Crippen molar-refractivity contribution in [2.75, 3.05) is 4.90 Å². The summed E-state index contributed by atoms with van der Waals surface area (Å²) in [6.07, 6.45) is 0.